The van der Waals surface area contributed by atoms with Crippen LogP contribution in [0.4, 0.5) is 0 Å². The van der Waals surface area contributed by atoms with Gasteiger partial charge in [0, 0.05) is 0 Å². The molecule has 0 aromatic carbocycles. The molecule has 0 rings (SSSR count). The van der Waals surface area contributed by atoms with Crippen LogP contribution in [0.1, 0.15) is 112 Å². The molecule has 0 aliphatic carbocycles. The predicted octanol–water partition coefficient (Wildman–Crippen LogP) is 8.11. The van der Waals surface area contributed by atoms with Crippen molar-refractivity contribution in [3.63, 3.8) is 0 Å². The summed E-state index contributed by atoms with van der Waals surface area (Å²) >= 11 is -2.36. The molecule has 2 atom stereocenters. The van der Waals surface area contributed by atoms with Gasteiger partial charge in [0.25, 0.3) is 0 Å². The first kappa shape index (κ1) is 26.7. The van der Waals surface area contributed by atoms with Gasteiger partial charge in [0.1, 0.15) is 0 Å². The van der Waals surface area contributed by atoms with E-state index in [9.17, 15) is 0 Å². The van der Waals surface area contributed by atoms with Gasteiger partial charge in [-0.25, -0.2) is 0 Å². The van der Waals surface area contributed by atoms with Crippen LogP contribution in [0.15, 0.2) is 0 Å². The molecule has 0 heterocycles. The zero-order chi connectivity index (χ0) is 19.7. The van der Waals surface area contributed by atoms with Crippen LogP contribution in [-0.4, -0.2) is 35.4 Å². The number of hydrogen-bond acceptors (Lipinski definition) is 2. The molecule has 0 aliphatic heterocycles. The quantitative estimate of drug-likeness (QED) is 0.106. The third-order valence-corrected chi connectivity index (χ3v) is 22.5. The van der Waals surface area contributed by atoms with Crippen molar-refractivity contribution >= 4 is 18.4 Å². The molecule has 0 bridgehead atoms. The monoisotopic (exact) mass is 478 g/mol. The third-order valence-electron chi connectivity index (χ3n) is 5.84. The zero-order valence-corrected chi connectivity index (χ0v) is 21.9. The van der Waals surface area contributed by atoms with Crippen LogP contribution in [0.3, 0.4) is 0 Å². The minimum absolute atomic E-state index is 0.0304. The summed E-state index contributed by atoms with van der Waals surface area (Å²) < 4.78 is 17.7. The molecule has 2 nitrogen and oxygen atoms in total. The first-order valence-corrected chi connectivity index (χ1v) is 19.6. The van der Waals surface area contributed by atoms with Crippen molar-refractivity contribution in [2.24, 2.45) is 0 Å². The van der Waals surface area contributed by atoms with Gasteiger partial charge in [-0.2, -0.15) is 0 Å². The Kier molecular flexibility index (Phi) is 18.3. The molecule has 0 aliphatic rings. The minimum atomic E-state index is -2.36. The van der Waals surface area contributed by atoms with Gasteiger partial charge in [-0.3, -0.25) is 0 Å². The fourth-order valence-corrected chi connectivity index (χ4v) is 21.9. The van der Waals surface area contributed by atoms with Gasteiger partial charge in [-0.15, -0.1) is 0 Å². The number of hydrogen-bond donors (Lipinski definition) is 0. The van der Waals surface area contributed by atoms with Crippen LogP contribution in [-0.2, 0) is 9.47 Å². The van der Waals surface area contributed by atoms with E-state index in [0.29, 0.717) is 4.12 Å². The molecule has 26 heavy (non-hydrogen) atoms. The van der Waals surface area contributed by atoms with Gasteiger partial charge in [0.2, 0.25) is 0 Å². The van der Waals surface area contributed by atoms with E-state index in [0.717, 1.165) is 6.61 Å². The van der Waals surface area contributed by atoms with E-state index in [1.807, 2.05) is 0 Å². The average Bonchev–Trinajstić information content (AvgIpc) is 2.64. The van der Waals surface area contributed by atoms with Crippen LogP contribution in [0, 0.1) is 0 Å². The Morgan fingerprint density at radius 1 is 0.654 bits per heavy atom. The first-order valence-electron chi connectivity index (χ1n) is 11.9. The molecule has 0 N–H and O–H groups in total. The van der Waals surface area contributed by atoms with Crippen LogP contribution < -0.4 is 0 Å². The van der Waals surface area contributed by atoms with E-state index in [1.54, 1.807) is 0 Å². The van der Waals surface area contributed by atoms with E-state index in [2.05, 4.69) is 41.5 Å². The molecule has 0 radical (unpaired) electrons. The zero-order valence-electron chi connectivity index (χ0n) is 19.1. The summed E-state index contributed by atoms with van der Waals surface area (Å²) in [5, 5.41) is 0. The van der Waals surface area contributed by atoms with Crippen molar-refractivity contribution in [1.82, 2.24) is 0 Å². The molecule has 0 aromatic rings. The predicted molar refractivity (Wildman–Crippen MR) is 120 cm³/mol. The van der Waals surface area contributed by atoms with Crippen molar-refractivity contribution in [3.8, 4) is 0 Å². The summed E-state index contributed by atoms with van der Waals surface area (Å²) in [4.78, 5) is 0. The molecule has 2 unspecified atom stereocenters. The molecular weight excluding hydrogens is 427 g/mol. The van der Waals surface area contributed by atoms with E-state index in [4.69, 9.17) is 9.47 Å². The molecule has 0 saturated carbocycles. The molecule has 0 spiro atoms. The van der Waals surface area contributed by atoms with Gasteiger partial charge >= 0.3 is 170 Å². The summed E-state index contributed by atoms with van der Waals surface area (Å²) in [6.07, 6.45) is 14.9. The summed E-state index contributed by atoms with van der Waals surface area (Å²) in [7, 11) is 0. The number of ether oxygens (including phenoxy) is 2. The Hall–Kier alpha value is 0.719. The number of unbranched alkanes of at least 4 members (excludes halogenated alkanes) is 6. The van der Waals surface area contributed by atoms with Crippen LogP contribution in [0.5, 0.6) is 0 Å². The van der Waals surface area contributed by atoms with Crippen LogP contribution in [0.25, 0.3) is 0 Å². The van der Waals surface area contributed by atoms with Crippen molar-refractivity contribution in [3.05, 3.63) is 0 Å². The summed E-state index contributed by atoms with van der Waals surface area (Å²) in [5.74, 6) is 0. The molecule has 0 amide bonds. The van der Waals surface area contributed by atoms with E-state index >= 15 is 0 Å². The Morgan fingerprint density at radius 2 is 1.15 bits per heavy atom. The van der Waals surface area contributed by atoms with E-state index in [1.165, 1.54) is 83.9 Å². The Balaban J connectivity index is 5.34. The molecule has 0 saturated heterocycles. The summed E-state index contributed by atoms with van der Waals surface area (Å²) in [6, 6.07) is 0. The average molecular weight is 477 g/mol. The maximum atomic E-state index is 6.70. The normalized spacial score (nSPS) is 14.5. The summed E-state index contributed by atoms with van der Waals surface area (Å²) in [5.41, 5.74) is 0. The second-order valence-corrected chi connectivity index (χ2v) is 22.1. The molecular formula is C23H50O2Sn. The van der Waals surface area contributed by atoms with Gasteiger partial charge in [0.15, 0.2) is 0 Å². The molecule has 158 valence electrons. The topological polar surface area (TPSA) is 18.5 Å². The fourth-order valence-electron chi connectivity index (χ4n) is 4.22. The third kappa shape index (κ3) is 11.5. The van der Waals surface area contributed by atoms with Crippen LogP contribution in [0.2, 0.25) is 13.3 Å². The first-order chi connectivity index (χ1) is 12.6. The number of rotatable bonds is 19. The van der Waals surface area contributed by atoms with Gasteiger partial charge in [-0.1, -0.05) is 0 Å². The maximum absolute atomic E-state index is 6.70. The van der Waals surface area contributed by atoms with Crippen molar-refractivity contribution in [2.45, 2.75) is 136 Å². The van der Waals surface area contributed by atoms with Gasteiger partial charge < -0.3 is 0 Å². The molecule has 0 fully saturated rings. The van der Waals surface area contributed by atoms with Crippen molar-refractivity contribution in [2.75, 3.05) is 6.61 Å². The standard InChI is InChI=1S/C11H23O2.3C4H9.Sn/c1-4-6-7-8-9-10-13-11(3)12-5-2;3*1-3-4-2;/h10-11H,4-9H2,1-3H3;3*1,3-4H2,2H3;. The Bertz CT molecular complexity index is 274. The molecule has 3 heteroatoms. The molecule has 0 aromatic heterocycles. The second kappa shape index (κ2) is 17.8. The second-order valence-electron chi connectivity index (χ2n) is 8.17. The van der Waals surface area contributed by atoms with Crippen molar-refractivity contribution in [1.29, 1.82) is 0 Å². The van der Waals surface area contributed by atoms with E-state index in [-0.39, 0.29) is 6.29 Å². The Morgan fingerprint density at radius 3 is 1.58 bits per heavy atom. The van der Waals surface area contributed by atoms with Crippen molar-refractivity contribution < 1.29 is 9.47 Å². The van der Waals surface area contributed by atoms with E-state index < -0.39 is 18.4 Å². The summed E-state index contributed by atoms with van der Waals surface area (Å²) in [6.45, 7) is 14.3. The SMILES string of the molecule is CCCCCC[CH](OC(C)OCC)[Sn]([CH2]CCC)([CH2]CCC)[CH2]CCC. The van der Waals surface area contributed by atoms with Gasteiger partial charge in [0.05, 0.1) is 0 Å². The fraction of sp³-hybridized carbons (Fsp3) is 1.00. The van der Waals surface area contributed by atoms with Crippen LogP contribution >= 0.6 is 0 Å². The van der Waals surface area contributed by atoms with Gasteiger partial charge in [-0.05, 0) is 0 Å². The Labute approximate surface area is 170 Å².